The van der Waals surface area contributed by atoms with Crippen molar-refractivity contribution < 1.29 is 9.47 Å². The maximum absolute atomic E-state index is 5.38. The molecule has 1 aromatic heterocycles. The van der Waals surface area contributed by atoms with E-state index in [2.05, 4.69) is 37.6 Å². The van der Waals surface area contributed by atoms with Gasteiger partial charge < -0.3 is 20.1 Å². The van der Waals surface area contributed by atoms with Crippen LogP contribution in [0.3, 0.4) is 0 Å². The van der Waals surface area contributed by atoms with Crippen LogP contribution in [0.1, 0.15) is 11.3 Å². The van der Waals surface area contributed by atoms with Crippen LogP contribution in [0.15, 0.2) is 30.3 Å². The Kier molecular flexibility index (Phi) is 7.24. The van der Waals surface area contributed by atoms with Crippen molar-refractivity contribution in [3.05, 3.63) is 41.6 Å². The molecule has 3 rings (SSSR count). The van der Waals surface area contributed by atoms with E-state index in [1.807, 2.05) is 25.1 Å². The summed E-state index contributed by atoms with van der Waals surface area (Å²) < 4.78 is 10.6. The SMILES string of the molecule is COc1cccc(CCNc2nc(C)cc(NCCN3CCOCC3)n2)c1. The maximum Gasteiger partial charge on any atom is 0.224 e. The minimum Gasteiger partial charge on any atom is -0.497 e. The smallest absolute Gasteiger partial charge is 0.224 e. The van der Waals surface area contributed by atoms with Crippen LogP contribution in [0.25, 0.3) is 0 Å². The molecule has 1 aliphatic heterocycles. The molecule has 1 fully saturated rings. The Morgan fingerprint density at radius 1 is 1.11 bits per heavy atom. The third-order valence-corrected chi connectivity index (χ3v) is 4.52. The second-order valence-electron chi connectivity index (χ2n) is 6.63. The quantitative estimate of drug-likeness (QED) is 0.700. The Balaban J connectivity index is 1.47. The second-order valence-corrected chi connectivity index (χ2v) is 6.63. The summed E-state index contributed by atoms with van der Waals surface area (Å²) in [5.41, 5.74) is 2.17. The first-order valence-electron chi connectivity index (χ1n) is 9.49. The lowest BCUT2D eigenvalue weighted by Gasteiger charge is -2.26. The Morgan fingerprint density at radius 2 is 1.96 bits per heavy atom. The number of nitrogens with one attached hydrogen (secondary N) is 2. The summed E-state index contributed by atoms with van der Waals surface area (Å²) in [4.78, 5) is 11.5. The lowest BCUT2D eigenvalue weighted by atomic mass is 10.1. The number of benzene rings is 1. The largest absolute Gasteiger partial charge is 0.497 e. The average Bonchev–Trinajstić information content (AvgIpc) is 2.69. The summed E-state index contributed by atoms with van der Waals surface area (Å²) in [6, 6.07) is 10.1. The van der Waals surface area contributed by atoms with Crippen molar-refractivity contribution in [2.75, 3.05) is 63.7 Å². The van der Waals surface area contributed by atoms with Crippen LogP contribution >= 0.6 is 0 Å². The number of methoxy groups -OCH3 is 1. The van der Waals surface area contributed by atoms with E-state index in [-0.39, 0.29) is 0 Å². The Morgan fingerprint density at radius 3 is 2.78 bits per heavy atom. The average molecular weight is 371 g/mol. The van der Waals surface area contributed by atoms with E-state index in [0.717, 1.165) is 69.6 Å². The molecule has 0 unspecified atom stereocenters. The molecule has 2 aromatic rings. The monoisotopic (exact) mass is 371 g/mol. The van der Waals surface area contributed by atoms with Gasteiger partial charge in [-0.15, -0.1) is 0 Å². The number of hydrogen-bond donors (Lipinski definition) is 2. The fourth-order valence-electron chi connectivity index (χ4n) is 3.05. The van der Waals surface area contributed by atoms with Gasteiger partial charge in [-0.2, -0.15) is 4.98 Å². The van der Waals surface area contributed by atoms with Crippen LogP contribution in [-0.2, 0) is 11.2 Å². The lowest BCUT2D eigenvalue weighted by Crippen LogP contribution is -2.39. The molecule has 7 nitrogen and oxygen atoms in total. The molecule has 0 bridgehead atoms. The van der Waals surface area contributed by atoms with Gasteiger partial charge in [-0.25, -0.2) is 4.98 Å². The first-order chi connectivity index (χ1) is 13.2. The molecule has 2 heterocycles. The molecule has 0 spiro atoms. The number of aryl methyl sites for hydroxylation is 1. The van der Waals surface area contributed by atoms with Crippen molar-refractivity contribution in [1.82, 2.24) is 14.9 Å². The molecule has 0 radical (unpaired) electrons. The van der Waals surface area contributed by atoms with E-state index in [1.54, 1.807) is 7.11 Å². The summed E-state index contributed by atoms with van der Waals surface area (Å²) >= 11 is 0. The third-order valence-electron chi connectivity index (χ3n) is 4.52. The number of hydrogen-bond acceptors (Lipinski definition) is 7. The fraction of sp³-hybridized carbons (Fsp3) is 0.500. The van der Waals surface area contributed by atoms with Crippen LogP contribution in [-0.4, -0.2) is 67.9 Å². The zero-order valence-electron chi connectivity index (χ0n) is 16.2. The molecule has 0 aliphatic carbocycles. The molecular formula is C20H29N5O2. The van der Waals surface area contributed by atoms with Gasteiger partial charge >= 0.3 is 0 Å². The highest BCUT2D eigenvalue weighted by molar-refractivity contribution is 5.42. The number of ether oxygens (including phenoxy) is 2. The summed E-state index contributed by atoms with van der Waals surface area (Å²) in [5, 5.41) is 6.73. The minimum atomic E-state index is 0.659. The first kappa shape index (κ1) is 19.4. The van der Waals surface area contributed by atoms with Crippen molar-refractivity contribution in [3.8, 4) is 5.75 Å². The topological polar surface area (TPSA) is 71.5 Å². The summed E-state index contributed by atoms with van der Waals surface area (Å²) in [5.74, 6) is 2.40. The van der Waals surface area contributed by atoms with Gasteiger partial charge in [-0.1, -0.05) is 12.1 Å². The molecule has 0 amide bonds. The second kappa shape index (κ2) is 10.1. The van der Waals surface area contributed by atoms with Crippen LogP contribution in [0.5, 0.6) is 5.75 Å². The first-order valence-corrected chi connectivity index (χ1v) is 9.49. The predicted molar refractivity (Wildman–Crippen MR) is 108 cm³/mol. The summed E-state index contributed by atoms with van der Waals surface area (Å²) in [7, 11) is 1.69. The lowest BCUT2D eigenvalue weighted by molar-refractivity contribution is 0.0398. The van der Waals surface area contributed by atoms with E-state index < -0.39 is 0 Å². The highest BCUT2D eigenvalue weighted by Gasteiger charge is 2.09. The van der Waals surface area contributed by atoms with Gasteiger partial charge in [0.25, 0.3) is 0 Å². The van der Waals surface area contributed by atoms with E-state index in [4.69, 9.17) is 9.47 Å². The minimum absolute atomic E-state index is 0.659. The van der Waals surface area contributed by atoms with Gasteiger partial charge in [0, 0.05) is 44.5 Å². The van der Waals surface area contributed by atoms with Gasteiger partial charge in [0.05, 0.1) is 20.3 Å². The zero-order chi connectivity index (χ0) is 18.9. The molecule has 2 N–H and O–H groups in total. The molecule has 7 heteroatoms. The molecule has 1 aliphatic rings. The van der Waals surface area contributed by atoms with Gasteiger partial charge in [-0.3, -0.25) is 4.90 Å². The van der Waals surface area contributed by atoms with Crippen LogP contribution in [0.4, 0.5) is 11.8 Å². The Hall–Kier alpha value is -2.38. The molecule has 0 atom stereocenters. The van der Waals surface area contributed by atoms with Crippen molar-refractivity contribution in [2.24, 2.45) is 0 Å². The van der Waals surface area contributed by atoms with E-state index in [9.17, 15) is 0 Å². The fourth-order valence-corrected chi connectivity index (χ4v) is 3.05. The number of aromatic nitrogens is 2. The molecule has 0 saturated carbocycles. The van der Waals surface area contributed by atoms with Crippen LogP contribution in [0.2, 0.25) is 0 Å². The summed E-state index contributed by atoms with van der Waals surface area (Å²) in [6.45, 7) is 8.27. The van der Waals surface area contributed by atoms with Crippen molar-refractivity contribution in [1.29, 1.82) is 0 Å². The van der Waals surface area contributed by atoms with Crippen molar-refractivity contribution >= 4 is 11.8 Å². The normalized spacial score (nSPS) is 14.7. The number of rotatable bonds is 9. The third kappa shape index (κ3) is 6.37. The van der Waals surface area contributed by atoms with Gasteiger partial charge in [0.15, 0.2) is 0 Å². The van der Waals surface area contributed by atoms with E-state index in [0.29, 0.717) is 5.95 Å². The van der Waals surface area contributed by atoms with Gasteiger partial charge in [-0.05, 0) is 31.0 Å². The molecular weight excluding hydrogens is 342 g/mol. The van der Waals surface area contributed by atoms with Gasteiger partial charge in [0.2, 0.25) is 5.95 Å². The van der Waals surface area contributed by atoms with Crippen molar-refractivity contribution in [3.63, 3.8) is 0 Å². The molecule has 146 valence electrons. The van der Waals surface area contributed by atoms with E-state index >= 15 is 0 Å². The molecule has 27 heavy (non-hydrogen) atoms. The Labute approximate surface area is 161 Å². The van der Waals surface area contributed by atoms with E-state index in [1.165, 1.54) is 5.56 Å². The maximum atomic E-state index is 5.38. The highest BCUT2D eigenvalue weighted by atomic mass is 16.5. The number of anilines is 2. The number of morpholine rings is 1. The highest BCUT2D eigenvalue weighted by Crippen LogP contribution is 2.14. The Bertz CT molecular complexity index is 719. The molecule has 1 aromatic carbocycles. The molecule has 1 saturated heterocycles. The summed E-state index contributed by atoms with van der Waals surface area (Å²) in [6.07, 6.45) is 0.883. The number of nitrogens with zero attached hydrogens (tertiary/aromatic N) is 3. The standard InChI is InChI=1S/C20H29N5O2/c1-16-14-19(21-8-9-25-10-12-27-13-11-25)24-20(23-16)22-7-6-17-4-3-5-18(15-17)26-2/h3-5,14-15H,6-13H2,1-2H3,(H2,21,22,23,24). The van der Waals surface area contributed by atoms with Crippen LogP contribution < -0.4 is 15.4 Å². The zero-order valence-corrected chi connectivity index (χ0v) is 16.2. The van der Waals surface area contributed by atoms with Crippen LogP contribution in [0, 0.1) is 6.92 Å². The van der Waals surface area contributed by atoms with Crippen molar-refractivity contribution in [2.45, 2.75) is 13.3 Å². The predicted octanol–water partition coefficient (Wildman–Crippen LogP) is 2.19. The van der Waals surface area contributed by atoms with Gasteiger partial charge in [0.1, 0.15) is 11.6 Å².